The molecule has 104 valence electrons. The summed E-state index contributed by atoms with van der Waals surface area (Å²) < 4.78 is 0. The second-order valence-corrected chi connectivity index (χ2v) is 5.52. The van der Waals surface area contributed by atoms with Gasteiger partial charge in [-0.15, -0.1) is 0 Å². The first-order valence-corrected chi connectivity index (χ1v) is 7.06. The maximum atomic E-state index is 12.5. The Hall–Kier alpha value is -1.06. The van der Waals surface area contributed by atoms with Crippen LogP contribution in [0.4, 0.5) is 0 Å². The van der Waals surface area contributed by atoms with E-state index in [1.54, 1.807) is 4.90 Å². The van der Waals surface area contributed by atoms with Gasteiger partial charge in [0.05, 0.1) is 0 Å². The zero-order chi connectivity index (χ0) is 13.9. The minimum Gasteiger partial charge on any atom is -0.342 e. The molecule has 3 unspecified atom stereocenters. The number of carbonyl (C=O) groups is 2. The van der Waals surface area contributed by atoms with Gasteiger partial charge in [0.2, 0.25) is 11.8 Å². The highest BCUT2D eigenvalue weighted by molar-refractivity contribution is 5.97. The highest BCUT2D eigenvalue weighted by atomic mass is 16.2. The van der Waals surface area contributed by atoms with E-state index in [-0.39, 0.29) is 35.9 Å². The lowest BCUT2D eigenvalue weighted by atomic mass is 9.92. The van der Waals surface area contributed by atoms with Crippen LogP contribution in [0.3, 0.4) is 0 Å². The Balaban J connectivity index is 2.97. The standard InChI is InChI=1S/C14H26N2O2/c1-6-8-11-13(17)15-12(10(5)7-2)14(18)16(11)9(3)4/h9-12H,6-8H2,1-5H3,(H,15,17). The third kappa shape index (κ3) is 2.85. The molecule has 1 aliphatic heterocycles. The van der Waals surface area contributed by atoms with E-state index in [0.29, 0.717) is 0 Å². The van der Waals surface area contributed by atoms with Crippen LogP contribution in [0.15, 0.2) is 0 Å². The van der Waals surface area contributed by atoms with Crippen molar-refractivity contribution in [1.29, 1.82) is 0 Å². The zero-order valence-electron chi connectivity index (χ0n) is 12.2. The molecule has 1 aliphatic rings. The Morgan fingerprint density at radius 2 is 1.83 bits per heavy atom. The van der Waals surface area contributed by atoms with E-state index in [0.717, 1.165) is 19.3 Å². The average Bonchev–Trinajstić information content (AvgIpc) is 2.32. The Bertz CT molecular complexity index is 315. The Morgan fingerprint density at radius 3 is 2.28 bits per heavy atom. The number of nitrogens with one attached hydrogen (secondary N) is 1. The fraction of sp³-hybridized carbons (Fsp3) is 0.857. The molecule has 1 saturated heterocycles. The maximum absolute atomic E-state index is 12.5. The molecule has 0 aromatic heterocycles. The zero-order valence-corrected chi connectivity index (χ0v) is 12.2. The van der Waals surface area contributed by atoms with Crippen molar-refractivity contribution in [3.63, 3.8) is 0 Å². The van der Waals surface area contributed by atoms with Crippen molar-refractivity contribution < 1.29 is 9.59 Å². The summed E-state index contributed by atoms with van der Waals surface area (Å²) in [5.74, 6) is 0.276. The van der Waals surface area contributed by atoms with Crippen LogP contribution in [-0.4, -0.2) is 34.8 Å². The van der Waals surface area contributed by atoms with Crippen molar-refractivity contribution in [1.82, 2.24) is 10.2 Å². The molecule has 0 aliphatic carbocycles. The molecule has 18 heavy (non-hydrogen) atoms. The molecule has 4 heteroatoms. The summed E-state index contributed by atoms with van der Waals surface area (Å²) in [7, 11) is 0. The van der Waals surface area contributed by atoms with E-state index in [1.807, 2.05) is 34.6 Å². The molecule has 0 bridgehead atoms. The van der Waals surface area contributed by atoms with Crippen molar-refractivity contribution >= 4 is 11.8 Å². The Morgan fingerprint density at radius 1 is 1.22 bits per heavy atom. The first-order valence-electron chi connectivity index (χ1n) is 7.06. The van der Waals surface area contributed by atoms with Crippen LogP contribution in [0.5, 0.6) is 0 Å². The fourth-order valence-corrected chi connectivity index (χ4v) is 2.53. The summed E-state index contributed by atoms with van der Waals surface area (Å²) in [6.07, 6.45) is 2.53. The number of hydrogen-bond acceptors (Lipinski definition) is 2. The number of carbonyl (C=O) groups excluding carboxylic acids is 2. The van der Waals surface area contributed by atoms with Crippen LogP contribution in [0, 0.1) is 5.92 Å². The van der Waals surface area contributed by atoms with E-state index >= 15 is 0 Å². The van der Waals surface area contributed by atoms with Crippen molar-refractivity contribution in [2.75, 3.05) is 0 Å². The van der Waals surface area contributed by atoms with E-state index in [4.69, 9.17) is 0 Å². The predicted molar refractivity (Wildman–Crippen MR) is 72.1 cm³/mol. The molecule has 3 atom stereocenters. The first kappa shape index (κ1) is 15.0. The van der Waals surface area contributed by atoms with Crippen LogP contribution in [0.2, 0.25) is 0 Å². The van der Waals surface area contributed by atoms with Gasteiger partial charge in [-0.05, 0) is 26.2 Å². The molecule has 0 saturated carbocycles. The highest BCUT2D eigenvalue weighted by Gasteiger charge is 2.42. The molecule has 2 amide bonds. The smallest absolute Gasteiger partial charge is 0.246 e. The third-order valence-corrected chi connectivity index (χ3v) is 3.79. The quantitative estimate of drug-likeness (QED) is 0.815. The van der Waals surface area contributed by atoms with Gasteiger partial charge >= 0.3 is 0 Å². The summed E-state index contributed by atoms with van der Waals surface area (Å²) >= 11 is 0. The van der Waals surface area contributed by atoms with Gasteiger partial charge in [-0.25, -0.2) is 0 Å². The molecule has 4 nitrogen and oxygen atoms in total. The number of amides is 2. The minimum absolute atomic E-state index is 0.00968. The topological polar surface area (TPSA) is 49.4 Å². The van der Waals surface area contributed by atoms with Gasteiger partial charge in [0.15, 0.2) is 0 Å². The number of hydrogen-bond donors (Lipinski definition) is 1. The highest BCUT2D eigenvalue weighted by Crippen LogP contribution is 2.22. The fourth-order valence-electron chi connectivity index (χ4n) is 2.53. The summed E-state index contributed by atoms with van der Waals surface area (Å²) in [4.78, 5) is 26.5. The van der Waals surface area contributed by atoms with E-state index in [2.05, 4.69) is 5.32 Å². The minimum atomic E-state index is -0.349. The van der Waals surface area contributed by atoms with Gasteiger partial charge in [0, 0.05) is 6.04 Å². The summed E-state index contributed by atoms with van der Waals surface area (Å²) in [5.41, 5.74) is 0. The van der Waals surface area contributed by atoms with Crippen LogP contribution >= 0.6 is 0 Å². The number of piperazine rings is 1. The molecule has 0 spiro atoms. The lowest BCUT2D eigenvalue weighted by Crippen LogP contribution is -2.66. The maximum Gasteiger partial charge on any atom is 0.246 e. The molecule has 1 heterocycles. The Kier molecular flexibility index (Phi) is 5.17. The number of rotatable bonds is 5. The van der Waals surface area contributed by atoms with Gasteiger partial charge in [-0.2, -0.15) is 0 Å². The average molecular weight is 254 g/mol. The van der Waals surface area contributed by atoms with Crippen molar-refractivity contribution in [2.45, 2.75) is 72.0 Å². The predicted octanol–water partition coefficient (Wildman–Crippen LogP) is 1.94. The molecule has 1 fully saturated rings. The van der Waals surface area contributed by atoms with Crippen molar-refractivity contribution in [3.05, 3.63) is 0 Å². The molecule has 1 N–H and O–H groups in total. The van der Waals surface area contributed by atoms with Gasteiger partial charge in [0.1, 0.15) is 12.1 Å². The summed E-state index contributed by atoms with van der Waals surface area (Å²) in [5, 5.41) is 2.91. The van der Waals surface area contributed by atoms with Gasteiger partial charge in [0.25, 0.3) is 0 Å². The summed E-state index contributed by atoms with van der Waals surface area (Å²) in [6.45, 7) is 10.1. The van der Waals surface area contributed by atoms with Gasteiger partial charge < -0.3 is 10.2 Å². The van der Waals surface area contributed by atoms with E-state index in [1.165, 1.54) is 0 Å². The van der Waals surface area contributed by atoms with Crippen LogP contribution in [0.1, 0.15) is 53.9 Å². The largest absolute Gasteiger partial charge is 0.342 e. The molecule has 0 radical (unpaired) electrons. The molecule has 0 aromatic carbocycles. The Labute approximate surface area is 110 Å². The van der Waals surface area contributed by atoms with Crippen LogP contribution in [-0.2, 0) is 9.59 Å². The SMILES string of the molecule is CCCC1C(=O)NC(C(C)CC)C(=O)N1C(C)C. The number of nitrogens with zero attached hydrogens (tertiary/aromatic N) is 1. The van der Waals surface area contributed by atoms with Gasteiger partial charge in [-0.3, -0.25) is 9.59 Å². The van der Waals surface area contributed by atoms with E-state index < -0.39 is 0 Å². The molecular formula is C14H26N2O2. The van der Waals surface area contributed by atoms with Crippen LogP contribution in [0.25, 0.3) is 0 Å². The van der Waals surface area contributed by atoms with Crippen molar-refractivity contribution in [3.8, 4) is 0 Å². The third-order valence-electron chi connectivity index (χ3n) is 3.79. The van der Waals surface area contributed by atoms with Gasteiger partial charge in [-0.1, -0.05) is 33.6 Å². The second kappa shape index (κ2) is 6.21. The first-order chi connectivity index (χ1) is 8.43. The van der Waals surface area contributed by atoms with Crippen LogP contribution < -0.4 is 5.32 Å². The molecule has 0 aromatic rings. The normalized spacial score (nSPS) is 26.4. The molecule has 1 rings (SSSR count). The second-order valence-electron chi connectivity index (χ2n) is 5.52. The lowest BCUT2D eigenvalue weighted by Gasteiger charge is -2.43. The molecular weight excluding hydrogens is 228 g/mol. The monoisotopic (exact) mass is 254 g/mol. The lowest BCUT2D eigenvalue weighted by molar-refractivity contribution is -0.153. The van der Waals surface area contributed by atoms with Crippen molar-refractivity contribution in [2.24, 2.45) is 5.92 Å². The summed E-state index contributed by atoms with van der Waals surface area (Å²) in [6, 6.07) is -0.563. The van der Waals surface area contributed by atoms with E-state index in [9.17, 15) is 9.59 Å².